The first kappa shape index (κ1) is 15.4. The summed E-state index contributed by atoms with van der Waals surface area (Å²) in [6.07, 6.45) is 5.08. The van der Waals surface area contributed by atoms with Crippen LogP contribution in [0, 0.1) is 5.92 Å². The second-order valence-electron chi connectivity index (χ2n) is 4.91. The molecule has 0 aliphatic rings. The maximum absolute atomic E-state index is 11.7. The molecule has 16 heavy (non-hydrogen) atoms. The van der Waals surface area contributed by atoms with Crippen LogP contribution >= 0.6 is 0 Å². The standard InChI is InChI=1S/C13H28N2O/c1-5-7-8-12(14)13(16)15-11(4)9-10(3)6-2/h10-12H,5-9,14H2,1-4H3,(H,15,16)/t10?,11?,12-/m0/s1. The van der Waals surface area contributed by atoms with Crippen molar-refractivity contribution in [3.8, 4) is 0 Å². The molecule has 2 unspecified atom stereocenters. The van der Waals surface area contributed by atoms with E-state index in [-0.39, 0.29) is 18.0 Å². The molecule has 0 heterocycles. The summed E-state index contributed by atoms with van der Waals surface area (Å²) in [6.45, 7) is 8.54. The van der Waals surface area contributed by atoms with Crippen molar-refractivity contribution >= 4 is 5.91 Å². The molecule has 1 amide bonds. The molecule has 3 heteroatoms. The van der Waals surface area contributed by atoms with Gasteiger partial charge in [0.2, 0.25) is 5.91 Å². The number of nitrogens with two attached hydrogens (primary N) is 1. The smallest absolute Gasteiger partial charge is 0.237 e. The van der Waals surface area contributed by atoms with Gasteiger partial charge in [-0.3, -0.25) is 4.79 Å². The third-order valence-electron chi connectivity index (χ3n) is 3.05. The first-order valence-electron chi connectivity index (χ1n) is 6.57. The molecule has 96 valence electrons. The van der Waals surface area contributed by atoms with Crippen molar-refractivity contribution in [2.45, 2.75) is 71.9 Å². The van der Waals surface area contributed by atoms with Gasteiger partial charge in [0.1, 0.15) is 0 Å². The van der Waals surface area contributed by atoms with Gasteiger partial charge in [0, 0.05) is 6.04 Å². The van der Waals surface area contributed by atoms with Crippen LogP contribution < -0.4 is 11.1 Å². The molecule has 3 N–H and O–H groups in total. The van der Waals surface area contributed by atoms with Gasteiger partial charge in [-0.15, -0.1) is 0 Å². The van der Waals surface area contributed by atoms with Gasteiger partial charge >= 0.3 is 0 Å². The lowest BCUT2D eigenvalue weighted by Crippen LogP contribution is -2.44. The summed E-state index contributed by atoms with van der Waals surface area (Å²) in [7, 11) is 0. The molecule has 0 bridgehead atoms. The van der Waals surface area contributed by atoms with Gasteiger partial charge in [-0.1, -0.05) is 40.0 Å². The lowest BCUT2D eigenvalue weighted by molar-refractivity contribution is -0.123. The zero-order valence-corrected chi connectivity index (χ0v) is 11.3. The third kappa shape index (κ3) is 6.83. The van der Waals surface area contributed by atoms with Gasteiger partial charge in [-0.05, 0) is 25.7 Å². The predicted molar refractivity (Wildman–Crippen MR) is 69.2 cm³/mol. The van der Waals surface area contributed by atoms with Crippen LogP contribution in [0.3, 0.4) is 0 Å². The molecule has 0 rings (SSSR count). The summed E-state index contributed by atoms with van der Waals surface area (Å²) < 4.78 is 0. The van der Waals surface area contributed by atoms with Gasteiger partial charge < -0.3 is 11.1 Å². The van der Waals surface area contributed by atoms with Crippen LogP contribution in [0.25, 0.3) is 0 Å². The first-order chi connectivity index (χ1) is 7.51. The van der Waals surface area contributed by atoms with Crippen LogP contribution in [0.1, 0.15) is 59.8 Å². The number of hydrogen-bond donors (Lipinski definition) is 2. The normalized spacial score (nSPS) is 16.6. The molecular weight excluding hydrogens is 200 g/mol. The minimum atomic E-state index is -0.334. The predicted octanol–water partition coefficient (Wildman–Crippen LogP) is 2.44. The van der Waals surface area contributed by atoms with E-state index in [0.717, 1.165) is 32.1 Å². The molecule has 3 atom stereocenters. The topological polar surface area (TPSA) is 55.1 Å². The third-order valence-corrected chi connectivity index (χ3v) is 3.05. The van der Waals surface area contributed by atoms with Crippen LogP contribution in [0.4, 0.5) is 0 Å². The minimum absolute atomic E-state index is 0.00394. The minimum Gasteiger partial charge on any atom is -0.352 e. The van der Waals surface area contributed by atoms with Crippen molar-refractivity contribution in [2.75, 3.05) is 0 Å². The fourth-order valence-corrected chi connectivity index (χ4v) is 1.73. The maximum atomic E-state index is 11.7. The molecule has 3 nitrogen and oxygen atoms in total. The molecule has 0 saturated carbocycles. The average Bonchev–Trinajstić information content (AvgIpc) is 2.25. The summed E-state index contributed by atoms with van der Waals surface area (Å²) in [5.41, 5.74) is 5.80. The molecular formula is C13H28N2O. The number of unbranched alkanes of at least 4 members (excludes halogenated alkanes) is 1. The summed E-state index contributed by atoms with van der Waals surface area (Å²) in [5, 5.41) is 2.99. The van der Waals surface area contributed by atoms with E-state index in [2.05, 4.69) is 33.0 Å². The van der Waals surface area contributed by atoms with Crippen molar-refractivity contribution in [1.82, 2.24) is 5.32 Å². The van der Waals surface area contributed by atoms with E-state index < -0.39 is 0 Å². The first-order valence-corrected chi connectivity index (χ1v) is 6.57. The SMILES string of the molecule is CCCC[C@H](N)C(=O)NC(C)CC(C)CC. The summed E-state index contributed by atoms with van der Waals surface area (Å²) in [6, 6.07) is -0.102. The molecule has 0 saturated heterocycles. The largest absolute Gasteiger partial charge is 0.352 e. The molecule has 0 aromatic rings. The van der Waals surface area contributed by atoms with Crippen LogP contribution in [-0.2, 0) is 4.79 Å². The van der Waals surface area contributed by atoms with Gasteiger partial charge in [0.25, 0.3) is 0 Å². The number of nitrogens with one attached hydrogen (secondary N) is 1. The van der Waals surface area contributed by atoms with Crippen molar-refractivity contribution in [3.63, 3.8) is 0 Å². The Kier molecular flexibility index (Phi) is 8.26. The van der Waals surface area contributed by atoms with E-state index in [0.29, 0.717) is 5.92 Å². The summed E-state index contributed by atoms with van der Waals surface area (Å²) in [4.78, 5) is 11.7. The van der Waals surface area contributed by atoms with E-state index in [9.17, 15) is 4.79 Å². The van der Waals surface area contributed by atoms with Crippen LogP contribution in [0.5, 0.6) is 0 Å². The summed E-state index contributed by atoms with van der Waals surface area (Å²) in [5.74, 6) is 0.659. The molecule has 0 aliphatic carbocycles. The number of amides is 1. The number of carbonyl (C=O) groups is 1. The van der Waals surface area contributed by atoms with E-state index in [1.54, 1.807) is 0 Å². The van der Waals surface area contributed by atoms with Gasteiger partial charge in [0.05, 0.1) is 6.04 Å². The molecule has 0 aromatic carbocycles. The molecule has 0 radical (unpaired) electrons. The maximum Gasteiger partial charge on any atom is 0.237 e. The Morgan fingerprint density at radius 1 is 1.31 bits per heavy atom. The highest BCUT2D eigenvalue weighted by Gasteiger charge is 2.16. The molecule has 0 aliphatic heterocycles. The fourth-order valence-electron chi connectivity index (χ4n) is 1.73. The average molecular weight is 228 g/mol. The number of rotatable bonds is 8. The Bertz CT molecular complexity index is 194. The van der Waals surface area contributed by atoms with E-state index in [1.807, 2.05) is 0 Å². The Morgan fingerprint density at radius 2 is 1.94 bits per heavy atom. The molecule has 0 spiro atoms. The van der Waals surface area contributed by atoms with Crippen molar-refractivity contribution in [3.05, 3.63) is 0 Å². The van der Waals surface area contributed by atoms with E-state index >= 15 is 0 Å². The lowest BCUT2D eigenvalue weighted by Gasteiger charge is -2.19. The van der Waals surface area contributed by atoms with Crippen LogP contribution in [0.2, 0.25) is 0 Å². The van der Waals surface area contributed by atoms with Gasteiger partial charge in [-0.25, -0.2) is 0 Å². The monoisotopic (exact) mass is 228 g/mol. The van der Waals surface area contributed by atoms with Crippen molar-refractivity contribution < 1.29 is 4.79 Å². The van der Waals surface area contributed by atoms with Crippen LogP contribution in [-0.4, -0.2) is 18.0 Å². The summed E-state index contributed by atoms with van der Waals surface area (Å²) >= 11 is 0. The fraction of sp³-hybridized carbons (Fsp3) is 0.923. The van der Waals surface area contributed by atoms with Crippen LogP contribution in [0.15, 0.2) is 0 Å². The Balaban J connectivity index is 3.84. The number of carbonyl (C=O) groups excluding carboxylic acids is 1. The molecule has 0 aromatic heterocycles. The second-order valence-corrected chi connectivity index (χ2v) is 4.91. The lowest BCUT2D eigenvalue weighted by atomic mass is 10.00. The molecule has 0 fully saturated rings. The second kappa shape index (κ2) is 8.57. The van der Waals surface area contributed by atoms with Gasteiger partial charge in [0.15, 0.2) is 0 Å². The highest BCUT2D eigenvalue weighted by atomic mass is 16.2. The van der Waals surface area contributed by atoms with E-state index in [4.69, 9.17) is 5.73 Å². The Morgan fingerprint density at radius 3 is 2.44 bits per heavy atom. The highest BCUT2D eigenvalue weighted by Crippen LogP contribution is 2.09. The highest BCUT2D eigenvalue weighted by molar-refractivity contribution is 5.81. The zero-order valence-electron chi connectivity index (χ0n) is 11.3. The van der Waals surface area contributed by atoms with Crippen molar-refractivity contribution in [1.29, 1.82) is 0 Å². The Hall–Kier alpha value is -0.570. The van der Waals surface area contributed by atoms with Gasteiger partial charge in [-0.2, -0.15) is 0 Å². The zero-order chi connectivity index (χ0) is 12.6. The van der Waals surface area contributed by atoms with E-state index in [1.165, 1.54) is 0 Å². The quantitative estimate of drug-likeness (QED) is 0.670. The Labute approximate surface area is 100 Å². The number of hydrogen-bond acceptors (Lipinski definition) is 2. The van der Waals surface area contributed by atoms with Crippen molar-refractivity contribution in [2.24, 2.45) is 11.7 Å².